The third kappa shape index (κ3) is 2.23. The SMILES string of the molecule is COc1ccc2c(c1)C(C)(C)[C@@H]1CCCN(C(C)=O)[C@@H]1C2. The van der Waals surface area contributed by atoms with Crippen LogP contribution in [0.3, 0.4) is 0 Å². The van der Waals surface area contributed by atoms with Gasteiger partial charge in [0, 0.05) is 19.5 Å². The van der Waals surface area contributed by atoms with Gasteiger partial charge < -0.3 is 9.64 Å². The number of rotatable bonds is 1. The molecule has 0 N–H and O–H groups in total. The minimum Gasteiger partial charge on any atom is -0.497 e. The Labute approximate surface area is 127 Å². The van der Waals surface area contributed by atoms with Gasteiger partial charge in [-0.2, -0.15) is 0 Å². The van der Waals surface area contributed by atoms with Crippen molar-refractivity contribution >= 4 is 5.91 Å². The molecule has 1 aliphatic heterocycles. The maximum Gasteiger partial charge on any atom is 0.219 e. The third-order valence-electron chi connectivity index (χ3n) is 5.55. The van der Waals surface area contributed by atoms with E-state index in [4.69, 9.17) is 4.74 Å². The Balaban J connectivity index is 2.06. The number of likely N-dealkylation sites (tertiary alicyclic amines) is 1. The van der Waals surface area contributed by atoms with Crippen molar-refractivity contribution in [3.63, 3.8) is 0 Å². The standard InChI is InChI=1S/C18H25NO2/c1-12(20)19-9-5-6-15-17(19)10-13-7-8-14(21-4)11-16(13)18(15,2)3/h7-8,11,15,17H,5-6,9-10H2,1-4H3/t15-,17-/m1/s1. The molecule has 3 rings (SSSR count). The van der Waals surface area contributed by atoms with Crippen molar-refractivity contribution in [2.24, 2.45) is 5.92 Å². The van der Waals surface area contributed by atoms with Gasteiger partial charge in [-0.15, -0.1) is 0 Å². The van der Waals surface area contributed by atoms with Crippen LogP contribution < -0.4 is 4.74 Å². The van der Waals surface area contributed by atoms with Gasteiger partial charge in [0.05, 0.1) is 7.11 Å². The molecule has 1 aliphatic carbocycles. The Morgan fingerprint density at radius 1 is 1.38 bits per heavy atom. The van der Waals surface area contributed by atoms with Crippen molar-refractivity contribution < 1.29 is 9.53 Å². The van der Waals surface area contributed by atoms with Crippen molar-refractivity contribution in [1.82, 2.24) is 4.90 Å². The zero-order valence-electron chi connectivity index (χ0n) is 13.5. The van der Waals surface area contributed by atoms with Crippen LogP contribution in [0.25, 0.3) is 0 Å². The van der Waals surface area contributed by atoms with Crippen LogP contribution in [-0.4, -0.2) is 30.5 Å². The molecule has 21 heavy (non-hydrogen) atoms. The molecule has 1 aromatic rings. The molecule has 0 unspecified atom stereocenters. The van der Waals surface area contributed by atoms with E-state index in [0.717, 1.165) is 25.1 Å². The number of ether oxygens (including phenoxy) is 1. The van der Waals surface area contributed by atoms with E-state index in [0.29, 0.717) is 12.0 Å². The van der Waals surface area contributed by atoms with E-state index in [2.05, 4.69) is 30.9 Å². The summed E-state index contributed by atoms with van der Waals surface area (Å²) in [5, 5.41) is 0. The van der Waals surface area contributed by atoms with E-state index < -0.39 is 0 Å². The van der Waals surface area contributed by atoms with Crippen molar-refractivity contribution in [2.75, 3.05) is 13.7 Å². The summed E-state index contributed by atoms with van der Waals surface area (Å²) in [6, 6.07) is 6.76. The fraction of sp³-hybridized carbons (Fsp3) is 0.611. The highest BCUT2D eigenvalue weighted by atomic mass is 16.5. The van der Waals surface area contributed by atoms with Gasteiger partial charge in [0.2, 0.25) is 5.91 Å². The Hall–Kier alpha value is -1.51. The highest BCUT2D eigenvalue weighted by Crippen LogP contribution is 2.47. The molecule has 1 fully saturated rings. The van der Waals surface area contributed by atoms with Gasteiger partial charge >= 0.3 is 0 Å². The first-order valence-electron chi connectivity index (χ1n) is 7.89. The summed E-state index contributed by atoms with van der Waals surface area (Å²) in [5.41, 5.74) is 2.85. The van der Waals surface area contributed by atoms with E-state index in [1.807, 2.05) is 6.07 Å². The first-order valence-corrected chi connectivity index (χ1v) is 7.89. The fourth-order valence-electron chi connectivity index (χ4n) is 4.43. The number of carbonyl (C=O) groups excluding carboxylic acids is 1. The molecule has 1 heterocycles. The molecule has 0 spiro atoms. The quantitative estimate of drug-likeness (QED) is 0.794. The molecular formula is C18H25NO2. The highest BCUT2D eigenvalue weighted by Gasteiger charge is 2.46. The van der Waals surface area contributed by atoms with E-state index in [1.165, 1.54) is 17.5 Å². The van der Waals surface area contributed by atoms with E-state index in [-0.39, 0.29) is 11.3 Å². The van der Waals surface area contributed by atoms with E-state index in [9.17, 15) is 4.79 Å². The van der Waals surface area contributed by atoms with Gasteiger partial charge in [0.1, 0.15) is 5.75 Å². The minimum absolute atomic E-state index is 0.0842. The number of hydrogen-bond acceptors (Lipinski definition) is 2. The van der Waals surface area contributed by atoms with Crippen molar-refractivity contribution in [2.45, 2.75) is 51.5 Å². The van der Waals surface area contributed by atoms with Gasteiger partial charge in [0.25, 0.3) is 0 Å². The van der Waals surface area contributed by atoms with Crippen molar-refractivity contribution in [1.29, 1.82) is 0 Å². The van der Waals surface area contributed by atoms with Crippen LogP contribution in [-0.2, 0) is 16.6 Å². The van der Waals surface area contributed by atoms with Crippen molar-refractivity contribution in [3.8, 4) is 5.75 Å². The number of methoxy groups -OCH3 is 1. The van der Waals surface area contributed by atoms with Crippen LogP contribution >= 0.6 is 0 Å². The van der Waals surface area contributed by atoms with Crippen molar-refractivity contribution in [3.05, 3.63) is 29.3 Å². The van der Waals surface area contributed by atoms with Crippen LogP contribution in [0.4, 0.5) is 0 Å². The second-order valence-corrected chi connectivity index (χ2v) is 6.98. The highest BCUT2D eigenvalue weighted by molar-refractivity contribution is 5.74. The molecule has 1 aromatic carbocycles. The largest absolute Gasteiger partial charge is 0.497 e. The van der Waals surface area contributed by atoms with Crippen LogP contribution in [0.5, 0.6) is 5.75 Å². The zero-order chi connectivity index (χ0) is 15.2. The number of nitrogens with zero attached hydrogens (tertiary/aromatic N) is 1. The first-order chi connectivity index (χ1) is 9.95. The Morgan fingerprint density at radius 3 is 2.81 bits per heavy atom. The molecule has 1 amide bonds. The summed E-state index contributed by atoms with van der Waals surface area (Å²) in [5.74, 6) is 1.69. The van der Waals surface area contributed by atoms with Gasteiger partial charge in [-0.1, -0.05) is 19.9 Å². The Morgan fingerprint density at radius 2 is 2.14 bits per heavy atom. The van der Waals surface area contributed by atoms with Crippen LogP contribution in [0.15, 0.2) is 18.2 Å². The van der Waals surface area contributed by atoms with Crippen LogP contribution in [0.1, 0.15) is 44.7 Å². The fourth-order valence-corrected chi connectivity index (χ4v) is 4.43. The van der Waals surface area contributed by atoms with Gasteiger partial charge in [0.15, 0.2) is 0 Å². The molecule has 0 saturated carbocycles. The zero-order valence-corrected chi connectivity index (χ0v) is 13.5. The number of benzene rings is 1. The first kappa shape index (κ1) is 14.4. The lowest BCUT2D eigenvalue weighted by Gasteiger charge is -2.52. The number of fused-ring (bicyclic) bond motifs is 2. The summed E-state index contributed by atoms with van der Waals surface area (Å²) in [7, 11) is 1.72. The van der Waals surface area contributed by atoms with Gasteiger partial charge in [-0.05, 0) is 53.9 Å². The molecule has 1 saturated heterocycles. The Kier molecular flexibility index (Phi) is 3.46. The smallest absolute Gasteiger partial charge is 0.219 e. The molecule has 3 nitrogen and oxygen atoms in total. The molecule has 0 bridgehead atoms. The number of piperidine rings is 1. The molecule has 2 atom stereocenters. The average Bonchev–Trinajstić information content (AvgIpc) is 2.46. The molecular weight excluding hydrogens is 262 g/mol. The van der Waals surface area contributed by atoms with Gasteiger partial charge in [-0.25, -0.2) is 0 Å². The average molecular weight is 287 g/mol. The molecule has 0 radical (unpaired) electrons. The second-order valence-electron chi connectivity index (χ2n) is 6.98. The molecule has 0 aromatic heterocycles. The summed E-state index contributed by atoms with van der Waals surface area (Å²) in [6.07, 6.45) is 3.30. The number of hydrogen-bond donors (Lipinski definition) is 0. The summed E-state index contributed by atoms with van der Waals surface area (Å²) in [6.45, 7) is 7.27. The summed E-state index contributed by atoms with van der Waals surface area (Å²) >= 11 is 0. The molecule has 3 heteroatoms. The van der Waals surface area contributed by atoms with E-state index in [1.54, 1.807) is 14.0 Å². The van der Waals surface area contributed by atoms with E-state index >= 15 is 0 Å². The third-order valence-corrected chi connectivity index (χ3v) is 5.55. The predicted octanol–water partition coefficient (Wildman–Crippen LogP) is 3.16. The molecule has 2 aliphatic rings. The molecule has 114 valence electrons. The minimum atomic E-state index is 0.0842. The van der Waals surface area contributed by atoms with Crippen LogP contribution in [0, 0.1) is 5.92 Å². The number of amides is 1. The predicted molar refractivity (Wildman–Crippen MR) is 83.6 cm³/mol. The lowest BCUT2D eigenvalue weighted by Crippen LogP contribution is -2.56. The summed E-state index contributed by atoms with van der Waals surface area (Å²) in [4.78, 5) is 14.1. The maximum absolute atomic E-state index is 12.0. The second kappa shape index (κ2) is 5.04. The monoisotopic (exact) mass is 287 g/mol. The normalized spacial score (nSPS) is 26.8. The summed E-state index contributed by atoms with van der Waals surface area (Å²) < 4.78 is 5.40. The lowest BCUT2D eigenvalue weighted by atomic mass is 9.60. The Bertz CT molecular complexity index is 564. The van der Waals surface area contributed by atoms with Crippen LogP contribution in [0.2, 0.25) is 0 Å². The maximum atomic E-state index is 12.0. The number of carbonyl (C=O) groups is 1. The lowest BCUT2D eigenvalue weighted by molar-refractivity contribution is -0.135. The van der Waals surface area contributed by atoms with Gasteiger partial charge in [-0.3, -0.25) is 4.79 Å². The topological polar surface area (TPSA) is 29.5 Å².